The number of nitrogens with one attached hydrogen (secondary N) is 3. The summed E-state index contributed by atoms with van der Waals surface area (Å²) in [6.07, 6.45) is 1.30. The predicted octanol–water partition coefficient (Wildman–Crippen LogP) is 0.558. The van der Waals surface area contributed by atoms with E-state index in [0.717, 1.165) is 5.56 Å². The van der Waals surface area contributed by atoms with Crippen molar-refractivity contribution < 1.29 is 14.3 Å². The summed E-state index contributed by atoms with van der Waals surface area (Å²) in [4.78, 5) is 26.5. The van der Waals surface area contributed by atoms with E-state index < -0.39 is 6.03 Å². The molecule has 5 N–H and O–H groups in total. The van der Waals surface area contributed by atoms with Crippen LogP contribution in [0.4, 0.5) is 10.7 Å². The lowest BCUT2D eigenvalue weighted by molar-refractivity contribution is -0.113. The van der Waals surface area contributed by atoms with Crippen molar-refractivity contribution >= 4 is 35.4 Å². The summed E-state index contributed by atoms with van der Waals surface area (Å²) in [5, 5.41) is 12.7. The van der Waals surface area contributed by atoms with Crippen molar-refractivity contribution in [2.75, 3.05) is 23.9 Å². The molecule has 0 bridgehead atoms. The van der Waals surface area contributed by atoms with Crippen molar-refractivity contribution in [1.29, 1.82) is 0 Å². The Labute approximate surface area is 147 Å². The van der Waals surface area contributed by atoms with Crippen LogP contribution in [-0.4, -0.2) is 51.4 Å². The minimum atomic E-state index is -0.770. The molecule has 0 saturated heterocycles. The van der Waals surface area contributed by atoms with Crippen LogP contribution >= 0.6 is 11.8 Å². The molecule has 0 atom stereocenters. The maximum Gasteiger partial charge on any atom is 0.332 e. The molecule has 0 aliphatic rings. The van der Waals surface area contributed by atoms with Gasteiger partial charge in [0, 0.05) is 11.3 Å². The van der Waals surface area contributed by atoms with Crippen LogP contribution in [0.5, 0.6) is 5.75 Å². The Morgan fingerprint density at radius 3 is 2.92 bits per heavy atom. The Kier molecular flexibility index (Phi) is 6.77. The summed E-state index contributed by atoms with van der Waals surface area (Å²) < 4.78 is 5.18. The number of thioether (sulfide) groups is 1. The van der Waals surface area contributed by atoms with E-state index in [1.54, 1.807) is 25.3 Å². The number of carbonyl (C=O) groups is 2. The number of carbonyl (C=O) groups excluding carboxylic acids is 2. The van der Waals surface area contributed by atoms with Gasteiger partial charge in [-0.25, -0.2) is 15.3 Å². The second-order valence-electron chi connectivity index (χ2n) is 4.64. The maximum absolute atomic E-state index is 11.8. The molecule has 132 valence electrons. The molecule has 0 aliphatic heterocycles. The fourth-order valence-corrected chi connectivity index (χ4v) is 2.56. The van der Waals surface area contributed by atoms with Crippen LogP contribution in [0.2, 0.25) is 0 Å². The zero-order valence-electron chi connectivity index (χ0n) is 13.4. The second kappa shape index (κ2) is 9.27. The number of aromatic amines is 1. The van der Waals surface area contributed by atoms with Gasteiger partial charge >= 0.3 is 6.03 Å². The van der Waals surface area contributed by atoms with Gasteiger partial charge in [-0.05, 0) is 12.1 Å². The van der Waals surface area contributed by atoms with Crippen LogP contribution in [0.15, 0.2) is 35.7 Å². The molecule has 1 heterocycles. The number of aromatic nitrogens is 3. The third-order valence-electron chi connectivity index (χ3n) is 2.85. The number of rotatable bonds is 8. The molecule has 2 aromatic rings. The van der Waals surface area contributed by atoms with E-state index in [2.05, 4.69) is 31.0 Å². The summed E-state index contributed by atoms with van der Waals surface area (Å²) >= 11 is 1.31. The average molecular weight is 363 g/mol. The van der Waals surface area contributed by atoms with E-state index in [4.69, 9.17) is 10.5 Å². The number of hydrazone groups is 1. The molecular weight excluding hydrogens is 346 g/mol. The lowest BCUT2D eigenvalue weighted by Gasteiger charge is -2.08. The topological polar surface area (TPSA) is 147 Å². The molecule has 1 aromatic heterocycles. The zero-order valence-corrected chi connectivity index (χ0v) is 14.2. The SMILES string of the molecule is COc1cccc(/C(CSCC(=O)Nc2ncn[nH]2)=N\NC(N)=O)c1. The highest BCUT2D eigenvalue weighted by Crippen LogP contribution is 2.15. The number of methoxy groups -OCH3 is 1. The van der Waals surface area contributed by atoms with Crippen molar-refractivity contribution in [1.82, 2.24) is 20.6 Å². The van der Waals surface area contributed by atoms with E-state index in [1.165, 1.54) is 18.1 Å². The molecule has 10 nitrogen and oxygen atoms in total. The van der Waals surface area contributed by atoms with Gasteiger partial charge in [-0.2, -0.15) is 15.2 Å². The van der Waals surface area contributed by atoms with Crippen LogP contribution in [-0.2, 0) is 4.79 Å². The van der Waals surface area contributed by atoms with Crippen molar-refractivity contribution in [3.63, 3.8) is 0 Å². The highest BCUT2D eigenvalue weighted by Gasteiger charge is 2.09. The Morgan fingerprint density at radius 2 is 2.24 bits per heavy atom. The number of nitrogens with zero attached hydrogens (tertiary/aromatic N) is 3. The molecule has 0 aliphatic carbocycles. The summed E-state index contributed by atoms with van der Waals surface area (Å²) in [7, 11) is 1.56. The molecule has 0 fully saturated rings. The first-order chi connectivity index (χ1) is 12.1. The minimum absolute atomic E-state index is 0.167. The number of urea groups is 1. The summed E-state index contributed by atoms with van der Waals surface area (Å²) in [6, 6.07) is 6.42. The van der Waals surface area contributed by atoms with Crippen molar-refractivity contribution in [3.8, 4) is 5.75 Å². The lowest BCUT2D eigenvalue weighted by atomic mass is 10.1. The molecule has 3 amide bonds. The van der Waals surface area contributed by atoms with Crippen LogP contribution in [0.1, 0.15) is 5.56 Å². The molecule has 0 saturated carbocycles. The number of primary amides is 1. The molecule has 2 rings (SSSR count). The molecule has 11 heteroatoms. The Morgan fingerprint density at radius 1 is 1.40 bits per heavy atom. The zero-order chi connectivity index (χ0) is 18.1. The Balaban J connectivity index is 1.97. The minimum Gasteiger partial charge on any atom is -0.497 e. The van der Waals surface area contributed by atoms with Gasteiger partial charge in [-0.3, -0.25) is 10.1 Å². The maximum atomic E-state index is 11.8. The first-order valence-electron chi connectivity index (χ1n) is 7.08. The van der Waals surface area contributed by atoms with Gasteiger partial charge in [0.1, 0.15) is 12.1 Å². The summed E-state index contributed by atoms with van der Waals surface area (Å²) in [5.41, 5.74) is 8.56. The van der Waals surface area contributed by atoms with Crippen molar-refractivity contribution in [2.24, 2.45) is 10.8 Å². The number of hydrogen-bond acceptors (Lipinski definition) is 7. The fraction of sp³-hybridized carbons (Fsp3) is 0.214. The number of benzene rings is 1. The summed E-state index contributed by atoms with van der Waals surface area (Å²) in [6.45, 7) is 0. The van der Waals surface area contributed by atoms with Gasteiger partial charge in [0.2, 0.25) is 11.9 Å². The molecule has 1 aromatic carbocycles. The standard InChI is InChI=1S/C14H17N7O3S/c1-24-10-4-2-3-9(5-10)11(19-20-13(15)23)6-25-7-12(22)18-14-16-8-17-21-14/h2-5,8H,6-7H2,1H3,(H3,15,20,23)(H2,16,17,18,21,22)/b19-11-. The van der Waals surface area contributed by atoms with E-state index in [1.807, 2.05) is 6.07 Å². The predicted molar refractivity (Wildman–Crippen MR) is 94.6 cm³/mol. The Bertz CT molecular complexity index is 749. The number of hydrogen-bond donors (Lipinski definition) is 4. The molecule has 25 heavy (non-hydrogen) atoms. The Hall–Kier alpha value is -3.08. The first kappa shape index (κ1) is 18.3. The highest BCUT2D eigenvalue weighted by molar-refractivity contribution is 8.00. The number of anilines is 1. The first-order valence-corrected chi connectivity index (χ1v) is 8.23. The van der Waals surface area contributed by atoms with Crippen LogP contribution in [0.25, 0.3) is 0 Å². The second-order valence-corrected chi connectivity index (χ2v) is 5.63. The van der Waals surface area contributed by atoms with E-state index in [0.29, 0.717) is 17.2 Å². The van der Waals surface area contributed by atoms with Gasteiger partial charge < -0.3 is 10.5 Å². The lowest BCUT2D eigenvalue weighted by Crippen LogP contribution is -2.26. The van der Waals surface area contributed by atoms with Crippen LogP contribution in [0, 0.1) is 0 Å². The van der Waals surface area contributed by atoms with Gasteiger partial charge in [0.25, 0.3) is 0 Å². The molecule has 0 unspecified atom stereocenters. The van der Waals surface area contributed by atoms with Gasteiger partial charge in [-0.1, -0.05) is 12.1 Å². The number of amides is 3. The smallest absolute Gasteiger partial charge is 0.332 e. The monoisotopic (exact) mass is 363 g/mol. The normalized spacial score (nSPS) is 11.0. The number of ether oxygens (including phenoxy) is 1. The van der Waals surface area contributed by atoms with E-state index in [9.17, 15) is 9.59 Å². The van der Waals surface area contributed by atoms with E-state index >= 15 is 0 Å². The molecule has 0 spiro atoms. The third-order valence-corrected chi connectivity index (χ3v) is 3.79. The highest BCUT2D eigenvalue weighted by atomic mass is 32.2. The fourth-order valence-electron chi connectivity index (χ4n) is 1.78. The number of nitrogens with two attached hydrogens (primary N) is 1. The third kappa shape index (κ3) is 6.14. The van der Waals surface area contributed by atoms with Crippen molar-refractivity contribution in [2.45, 2.75) is 0 Å². The molecule has 0 radical (unpaired) electrons. The summed E-state index contributed by atoms with van der Waals surface area (Å²) in [5.74, 6) is 1.23. The van der Waals surface area contributed by atoms with Crippen LogP contribution in [0.3, 0.4) is 0 Å². The number of H-pyrrole nitrogens is 1. The van der Waals surface area contributed by atoms with E-state index in [-0.39, 0.29) is 17.6 Å². The largest absolute Gasteiger partial charge is 0.497 e. The average Bonchev–Trinajstić information content (AvgIpc) is 3.10. The van der Waals surface area contributed by atoms with Gasteiger partial charge in [-0.15, -0.1) is 11.8 Å². The molecular formula is C14H17N7O3S. The van der Waals surface area contributed by atoms with Gasteiger partial charge in [0.05, 0.1) is 18.6 Å². The van der Waals surface area contributed by atoms with Crippen LogP contribution < -0.4 is 21.2 Å². The van der Waals surface area contributed by atoms with Crippen molar-refractivity contribution in [3.05, 3.63) is 36.2 Å². The van der Waals surface area contributed by atoms with Gasteiger partial charge in [0.15, 0.2) is 0 Å². The quantitative estimate of drug-likeness (QED) is 0.398.